The van der Waals surface area contributed by atoms with E-state index in [0.717, 1.165) is 12.8 Å². The second-order valence-electron chi connectivity index (χ2n) is 9.11. The van der Waals surface area contributed by atoms with Crippen molar-refractivity contribution in [3.8, 4) is 0 Å². The summed E-state index contributed by atoms with van der Waals surface area (Å²) in [6, 6.07) is 0. The summed E-state index contributed by atoms with van der Waals surface area (Å²) in [5, 5.41) is 0. The lowest BCUT2D eigenvalue weighted by Gasteiger charge is -2.23. The van der Waals surface area contributed by atoms with E-state index in [9.17, 15) is 0 Å². The van der Waals surface area contributed by atoms with Crippen molar-refractivity contribution >= 4 is 0 Å². The Balaban J connectivity index is 1.91. The Hall–Kier alpha value is -0.160. The number of ether oxygens (including phenoxy) is 2. The first kappa shape index (κ1) is 25.9. The van der Waals surface area contributed by atoms with Crippen molar-refractivity contribution in [2.45, 2.75) is 135 Å². The molecule has 0 aromatic carbocycles. The van der Waals surface area contributed by atoms with Gasteiger partial charge in [-0.2, -0.15) is 0 Å². The lowest BCUT2D eigenvalue weighted by molar-refractivity contribution is -0.396. The van der Waals surface area contributed by atoms with Gasteiger partial charge in [0.15, 0.2) is 0 Å². The van der Waals surface area contributed by atoms with E-state index in [1.165, 1.54) is 89.9 Å². The molecule has 0 aromatic heterocycles. The average molecular weight is 401 g/mol. The van der Waals surface area contributed by atoms with E-state index in [1.54, 1.807) is 7.11 Å². The zero-order chi connectivity index (χ0) is 20.6. The van der Waals surface area contributed by atoms with Crippen LogP contribution in [0.4, 0.5) is 0 Å². The Kier molecular flexibility index (Phi) is 14.5. The zero-order valence-corrected chi connectivity index (χ0v) is 19.4. The molecule has 4 heteroatoms. The van der Waals surface area contributed by atoms with Gasteiger partial charge in [0, 0.05) is 13.5 Å². The number of unbranched alkanes of at least 4 members (excludes halogenated alkanes) is 13. The highest BCUT2D eigenvalue weighted by atomic mass is 17.2. The molecule has 0 radical (unpaired) electrons. The fraction of sp³-hybridized carbons (Fsp3) is 1.00. The second kappa shape index (κ2) is 15.6. The molecule has 0 spiro atoms. The Morgan fingerprint density at radius 2 is 1.18 bits per heavy atom. The number of methoxy groups -OCH3 is 1. The molecule has 0 saturated carbocycles. The quantitative estimate of drug-likeness (QED) is 0.168. The minimum Gasteiger partial charge on any atom is -0.382 e. The molecule has 0 amide bonds. The number of hydrogen-bond donors (Lipinski definition) is 0. The number of rotatable bonds is 19. The van der Waals surface area contributed by atoms with E-state index in [1.807, 2.05) is 6.92 Å². The van der Waals surface area contributed by atoms with Crippen LogP contribution in [-0.2, 0) is 19.2 Å². The summed E-state index contributed by atoms with van der Waals surface area (Å²) in [6.45, 7) is 7.49. The molecule has 0 aliphatic carbocycles. The molecule has 4 nitrogen and oxygen atoms in total. The van der Waals surface area contributed by atoms with Gasteiger partial charge in [0.1, 0.15) is 5.60 Å². The monoisotopic (exact) mass is 400 g/mol. The van der Waals surface area contributed by atoms with Gasteiger partial charge < -0.3 is 9.47 Å². The van der Waals surface area contributed by atoms with E-state index >= 15 is 0 Å². The predicted octanol–water partition coefficient (Wildman–Crippen LogP) is 7.35. The molecule has 1 fully saturated rings. The smallest absolute Gasteiger partial charge is 0.201 e. The van der Waals surface area contributed by atoms with Gasteiger partial charge >= 0.3 is 0 Å². The van der Waals surface area contributed by atoms with Crippen LogP contribution in [0.15, 0.2) is 0 Å². The Bertz CT molecular complexity index is 363. The van der Waals surface area contributed by atoms with Gasteiger partial charge in [-0.05, 0) is 20.3 Å². The van der Waals surface area contributed by atoms with Crippen molar-refractivity contribution in [3.05, 3.63) is 0 Å². The molecule has 168 valence electrons. The van der Waals surface area contributed by atoms with Crippen LogP contribution in [0.25, 0.3) is 0 Å². The minimum absolute atomic E-state index is 0.223. The molecule has 1 rings (SSSR count). The van der Waals surface area contributed by atoms with Gasteiger partial charge in [0.25, 0.3) is 0 Å². The number of hydrogen-bond acceptors (Lipinski definition) is 4. The van der Waals surface area contributed by atoms with Crippen LogP contribution in [0.1, 0.15) is 124 Å². The fourth-order valence-electron chi connectivity index (χ4n) is 4.17. The normalized spacial score (nSPS) is 24.9. The van der Waals surface area contributed by atoms with Crippen LogP contribution >= 0.6 is 0 Å². The maximum absolute atomic E-state index is 5.78. The van der Waals surface area contributed by atoms with Gasteiger partial charge in [-0.25, -0.2) is 9.78 Å². The first-order chi connectivity index (χ1) is 13.5. The molecule has 0 bridgehead atoms. The predicted molar refractivity (Wildman–Crippen MR) is 116 cm³/mol. The van der Waals surface area contributed by atoms with Crippen LogP contribution in [0.3, 0.4) is 0 Å². The van der Waals surface area contributed by atoms with Crippen molar-refractivity contribution < 1.29 is 19.2 Å². The van der Waals surface area contributed by atoms with Crippen LogP contribution in [0, 0.1) is 0 Å². The highest BCUT2D eigenvalue weighted by molar-refractivity contribution is 4.85. The molecular formula is C24H48O4. The fourth-order valence-corrected chi connectivity index (χ4v) is 4.17. The molecule has 1 saturated heterocycles. The van der Waals surface area contributed by atoms with E-state index in [0.29, 0.717) is 13.2 Å². The first-order valence-electron chi connectivity index (χ1n) is 12.0. The van der Waals surface area contributed by atoms with E-state index in [-0.39, 0.29) is 5.60 Å². The maximum atomic E-state index is 5.78. The van der Waals surface area contributed by atoms with Crippen molar-refractivity contribution in [2.75, 3.05) is 20.3 Å². The standard InChI is InChI=1S/C24H48O4/c1-5-6-7-8-9-10-11-12-13-14-15-16-17-18-19-23(2)22-24(3,28-27-23)26-21-20-25-4/h5-22H2,1-4H3/t23-,24?/m1/s1. The molecule has 0 aromatic rings. The molecule has 1 unspecified atom stereocenters. The van der Waals surface area contributed by atoms with Gasteiger partial charge in [-0.1, -0.05) is 96.8 Å². The van der Waals surface area contributed by atoms with Crippen LogP contribution in [0.2, 0.25) is 0 Å². The van der Waals surface area contributed by atoms with Gasteiger partial charge in [-0.15, -0.1) is 0 Å². The summed E-state index contributed by atoms with van der Waals surface area (Å²) < 4.78 is 10.8. The summed E-state index contributed by atoms with van der Waals surface area (Å²) in [5.74, 6) is -0.636. The van der Waals surface area contributed by atoms with E-state index in [2.05, 4.69) is 13.8 Å². The molecule has 2 atom stereocenters. The minimum atomic E-state index is -0.636. The first-order valence-corrected chi connectivity index (χ1v) is 12.0. The molecule has 1 aliphatic heterocycles. The third-order valence-corrected chi connectivity index (χ3v) is 5.87. The Morgan fingerprint density at radius 1 is 0.679 bits per heavy atom. The third kappa shape index (κ3) is 12.4. The Labute approximate surface area is 175 Å². The van der Waals surface area contributed by atoms with Crippen molar-refractivity contribution in [1.29, 1.82) is 0 Å². The van der Waals surface area contributed by atoms with Crippen molar-refractivity contribution in [1.82, 2.24) is 0 Å². The van der Waals surface area contributed by atoms with Crippen LogP contribution < -0.4 is 0 Å². The lowest BCUT2D eigenvalue weighted by atomic mass is 9.91. The van der Waals surface area contributed by atoms with Crippen molar-refractivity contribution in [3.63, 3.8) is 0 Å². The largest absolute Gasteiger partial charge is 0.382 e. The lowest BCUT2D eigenvalue weighted by Crippen LogP contribution is -2.32. The summed E-state index contributed by atoms with van der Waals surface area (Å²) in [6.07, 6.45) is 21.2. The van der Waals surface area contributed by atoms with E-state index in [4.69, 9.17) is 19.2 Å². The van der Waals surface area contributed by atoms with Crippen LogP contribution in [0.5, 0.6) is 0 Å². The molecule has 1 aliphatic rings. The highest BCUT2D eigenvalue weighted by Crippen LogP contribution is 2.39. The van der Waals surface area contributed by atoms with Gasteiger partial charge in [0.2, 0.25) is 5.79 Å². The molecule has 0 N–H and O–H groups in total. The SMILES string of the molecule is CCCCCCCCCCCCCCCC[C@]1(C)CC(C)(OCCOC)OO1. The summed E-state index contributed by atoms with van der Waals surface area (Å²) >= 11 is 0. The molecule has 1 heterocycles. The zero-order valence-electron chi connectivity index (χ0n) is 19.4. The topological polar surface area (TPSA) is 36.9 Å². The molecular weight excluding hydrogens is 352 g/mol. The third-order valence-electron chi connectivity index (χ3n) is 5.87. The van der Waals surface area contributed by atoms with Gasteiger partial charge in [0.05, 0.1) is 13.2 Å². The summed E-state index contributed by atoms with van der Waals surface area (Å²) in [5.41, 5.74) is -0.223. The summed E-state index contributed by atoms with van der Waals surface area (Å²) in [4.78, 5) is 11.1. The maximum Gasteiger partial charge on any atom is 0.201 e. The van der Waals surface area contributed by atoms with Crippen LogP contribution in [-0.4, -0.2) is 31.7 Å². The average Bonchev–Trinajstić information content (AvgIpc) is 2.97. The van der Waals surface area contributed by atoms with E-state index < -0.39 is 5.79 Å². The Morgan fingerprint density at radius 3 is 1.68 bits per heavy atom. The highest BCUT2D eigenvalue weighted by Gasteiger charge is 2.46. The summed E-state index contributed by atoms with van der Waals surface area (Å²) in [7, 11) is 1.68. The van der Waals surface area contributed by atoms with Crippen molar-refractivity contribution in [2.24, 2.45) is 0 Å². The second-order valence-corrected chi connectivity index (χ2v) is 9.11. The molecule has 28 heavy (non-hydrogen) atoms. The van der Waals surface area contributed by atoms with Gasteiger partial charge in [-0.3, -0.25) is 0 Å².